The highest BCUT2D eigenvalue weighted by Crippen LogP contribution is 2.22. The summed E-state index contributed by atoms with van der Waals surface area (Å²) < 4.78 is 0. The van der Waals surface area contributed by atoms with Crippen molar-refractivity contribution in [3.05, 3.63) is 52.8 Å². The molecule has 2 aromatic rings. The molecule has 1 atom stereocenters. The number of rotatable bonds is 3. The zero-order valence-corrected chi connectivity index (χ0v) is 11.4. The first-order chi connectivity index (χ1) is 8.58. The van der Waals surface area contributed by atoms with Crippen molar-refractivity contribution in [2.45, 2.75) is 33.7 Å². The first-order valence-corrected chi connectivity index (χ1v) is 6.20. The van der Waals surface area contributed by atoms with Crippen LogP contribution in [0.3, 0.4) is 0 Å². The van der Waals surface area contributed by atoms with Crippen LogP contribution < -0.4 is 5.32 Å². The van der Waals surface area contributed by atoms with Gasteiger partial charge in [-0.05, 0) is 50.5 Å². The Morgan fingerprint density at radius 2 is 1.89 bits per heavy atom. The van der Waals surface area contributed by atoms with E-state index in [4.69, 9.17) is 0 Å². The fraction of sp³-hybridized carbons (Fsp3) is 0.333. The Kier molecular flexibility index (Phi) is 3.60. The van der Waals surface area contributed by atoms with Crippen LogP contribution in [-0.2, 0) is 0 Å². The van der Waals surface area contributed by atoms with E-state index in [0.717, 1.165) is 5.69 Å². The molecule has 0 bridgehead atoms. The number of benzene rings is 1. The highest BCUT2D eigenvalue weighted by molar-refractivity contribution is 5.39. The second-order valence-electron chi connectivity index (χ2n) is 4.68. The van der Waals surface area contributed by atoms with Crippen LogP contribution in [0.25, 0.3) is 0 Å². The largest absolute Gasteiger partial charge is 0.348 e. The van der Waals surface area contributed by atoms with Gasteiger partial charge in [0.1, 0.15) is 0 Å². The van der Waals surface area contributed by atoms with Gasteiger partial charge in [0.25, 0.3) is 0 Å². The second-order valence-corrected chi connectivity index (χ2v) is 4.68. The Hall–Kier alpha value is -1.90. The summed E-state index contributed by atoms with van der Waals surface area (Å²) in [4.78, 5) is 8.60. The Bertz CT molecular complexity index is 549. The Balaban J connectivity index is 2.22. The minimum atomic E-state index is 0.201. The molecule has 1 aromatic carbocycles. The Morgan fingerprint density at radius 3 is 2.61 bits per heavy atom. The molecular formula is C15H19N3. The standard InChI is InChI=1S/C15H19N3/c1-10-6-5-7-14(12(10)3)13(4)18-15-16-9-8-11(2)17-15/h5-9,13H,1-4H3,(H,16,17,18). The van der Waals surface area contributed by atoms with Crippen molar-refractivity contribution < 1.29 is 0 Å². The molecule has 3 heteroatoms. The molecule has 1 heterocycles. The quantitative estimate of drug-likeness (QED) is 0.892. The molecule has 0 aliphatic rings. The topological polar surface area (TPSA) is 37.8 Å². The molecule has 1 unspecified atom stereocenters. The summed E-state index contributed by atoms with van der Waals surface area (Å²) in [5.74, 6) is 0.684. The fourth-order valence-corrected chi connectivity index (χ4v) is 2.03. The van der Waals surface area contributed by atoms with E-state index in [-0.39, 0.29) is 6.04 Å². The summed E-state index contributed by atoms with van der Waals surface area (Å²) in [6.45, 7) is 8.39. The van der Waals surface area contributed by atoms with Gasteiger partial charge in [-0.15, -0.1) is 0 Å². The third kappa shape index (κ3) is 2.67. The van der Waals surface area contributed by atoms with Gasteiger partial charge in [0, 0.05) is 11.9 Å². The summed E-state index contributed by atoms with van der Waals surface area (Å²) in [6.07, 6.45) is 1.78. The third-order valence-electron chi connectivity index (χ3n) is 3.25. The van der Waals surface area contributed by atoms with Crippen LogP contribution in [0.4, 0.5) is 5.95 Å². The number of nitrogens with one attached hydrogen (secondary N) is 1. The fourth-order valence-electron chi connectivity index (χ4n) is 2.03. The van der Waals surface area contributed by atoms with Gasteiger partial charge in [0.05, 0.1) is 6.04 Å². The summed E-state index contributed by atoms with van der Waals surface area (Å²) in [7, 11) is 0. The molecule has 2 rings (SSSR count). The van der Waals surface area contributed by atoms with Crippen molar-refractivity contribution in [3.8, 4) is 0 Å². The lowest BCUT2D eigenvalue weighted by Crippen LogP contribution is -2.11. The van der Waals surface area contributed by atoms with E-state index in [0.29, 0.717) is 5.95 Å². The maximum atomic E-state index is 4.37. The average molecular weight is 241 g/mol. The smallest absolute Gasteiger partial charge is 0.223 e. The van der Waals surface area contributed by atoms with E-state index >= 15 is 0 Å². The molecule has 1 N–H and O–H groups in total. The highest BCUT2D eigenvalue weighted by atomic mass is 15.1. The van der Waals surface area contributed by atoms with Crippen molar-refractivity contribution in [2.24, 2.45) is 0 Å². The molecule has 94 valence electrons. The molecule has 1 aromatic heterocycles. The monoisotopic (exact) mass is 241 g/mol. The van der Waals surface area contributed by atoms with E-state index in [2.05, 4.69) is 54.3 Å². The third-order valence-corrected chi connectivity index (χ3v) is 3.25. The maximum Gasteiger partial charge on any atom is 0.223 e. The lowest BCUT2D eigenvalue weighted by molar-refractivity contribution is 0.846. The molecule has 0 aliphatic carbocycles. The molecule has 0 saturated heterocycles. The summed E-state index contributed by atoms with van der Waals surface area (Å²) in [5.41, 5.74) is 4.90. The van der Waals surface area contributed by atoms with E-state index in [1.807, 2.05) is 13.0 Å². The first-order valence-electron chi connectivity index (χ1n) is 6.20. The average Bonchev–Trinajstić information content (AvgIpc) is 2.32. The number of anilines is 1. The summed E-state index contributed by atoms with van der Waals surface area (Å²) >= 11 is 0. The van der Waals surface area contributed by atoms with Gasteiger partial charge in [0.2, 0.25) is 5.95 Å². The Labute approximate surface area is 108 Å². The number of aryl methyl sites for hydroxylation is 2. The van der Waals surface area contributed by atoms with Gasteiger partial charge in [-0.1, -0.05) is 18.2 Å². The lowest BCUT2D eigenvalue weighted by Gasteiger charge is -2.17. The normalized spacial score (nSPS) is 12.2. The van der Waals surface area contributed by atoms with Gasteiger partial charge in [-0.2, -0.15) is 0 Å². The molecule has 3 nitrogen and oxygen atoms in total. The van der Waals surface area contributed by atoms with Crippen LogP contribution in [0.2, 0.25) is 0 Å². The number of hydrogen-bond donors (Lipinski definition) is 1. The van der Waals surface area contributed by atoms with Gasteiger partial charge in [-0.3, -0.25) is 0 Å². The minimum absolute atomic E-state index is 0.201. The van der Waals surface area contributed by atoms with Crippen molar-refractivity contribution >= 4 is 5.95 Å². The predicted octanol–water partition coefficient (Wildman–Crippen LogP) is 3.57. The molecule has 0 amide bonds. The molecule has 0 spiro atoms. The summed E-state index contributed by atoms with van der Waals surface area (Å²) in [6, 6.07) is 8.47. The van der Waals surface area contributed by atoms with Crippen LogP contribution in [0.15, 0.2) is 30.5 Å². The van der Waals surface area contributed by atoms with E-state index < -0.39 is 0 Å². The number of hydrogen-bond acceptors (Lipinski definition) is 3. The zero-order valence-electron chi connectivity index (χ0n) is 11.4. The first kappa shape index (κ1) is 12.6. The van der Waals surface area contributed by atoms with Crippen molar-refractivity contribution in [1.29, 1.82) is 0 Å². The van der Waals surface area contributed by atoms with Gasteiger partial charge in [-0.25, -0.2) is 9.97 Å². The molecule has 0 aliphatic heterocycles. The van der Waals surface area contributed by atoms with Crippen LogP contribution in [0.5, 0.6) is 0 Å². The van der Waals surface area contributed by atoms with Crippen LogP contribution in [0.1, 0.15) is 35.3 Å². The molecule has 0 fully saturated rings. The van der Waals surface area contributed by atoms with Gasteiger partial charge >= 0.3 is 0 Å². The van der Waals surface area contributed by atoms with E-state index in [1.165, 1.54) is 16.7 Å². The van der Waals surface area contributed by atoms with Gasteiger partial charge < -0.3 is 5.32 Å². The van der Waals surface area contributed by atoms with Crippen molar-refractivity contribution in [2.75, 3.05) is 5.32 Å². The maximum absolute atomic E-state index is 4.37. The summed E-state index contributed by atoms with van der Waals surface area (Å²) in [5, 5.41) is 3.34. The predicted molar refractivity (Wildman–Crippen MR) is 74.7 cm³/mol. The zero-order chi connectivity index (χ0) is 13.1. The second kappa shape index (κ2) is 5.17. The number of aromatic nitrogens is 2. The lowest BCUT2D eigenvalue weighted by atomic mass is 9.98. The Morgan fingerprint density at radius 1 is 1.11 bits per heavy atom. The minimum Gasteiger partial charge on any atom is -0.348 e. The molecular weight excluding hydrogens is 222 g/mol. The van der Waals surface area contributed by atoms with Crippen LogP contribution >= 0.6 is 0 Å². The van der Waals surface area contributed by atoms with Crippen molar-refractivity contribution in [1.82, 2.24) is 9.97 Å². The SMILES string of the molecule is Cc1ccnc(NC(C)c2cccc(C)c2C)n1. The molecule has 0 radical (unpaired) electrons. The van der Waals surface area contributed by atoms with Crippen LogP contribution in [0, 0.1) is 20.8 Å². The van der Waals surface area contributed by atoms with Gasteiger partial charge in [0.15, 0.2) is 0 Å². The van der Waals surface area contributed by atoms with E-state index in [1.54, 1.807) is 6.20 Å². The highest BCUT2D eigenvalue weighted by Gasteiger charge is 2.10. The molecule has 0 saturated carbocycles. The van der Waals surface area contributed by atoms with E-state index in [9.17, 15) is 0 Å². The van der Waals surface area contributed by atoms with Crippen LogP contribution in [-0.4, -0.2) is 9.97 Å². The molecule has 18 heavy (non-hydrogen) atoms. The van der Waals surface area contributed by atoms with Crippen molar-refractivity contribution in [3.63, 3.8) is 0 Å². The number of nitrogens with zero attached hydrogens (tertiary/aromatic N) is 2.